The largest absolute Gasteiger partial charge is 0.481 e. The smallest absolute Gasteiger partial charge is 0.308 e. The maximum absolute atomic E-state index is 10.9. The Morgan fingerprint density at radius 1 is 1.11 bits per heavy atom. The summed E-state index contributed by atoms with van der Waals surface area (Å²) < 4.78 is 0. The second-order valence-corrected chi connectivity index (χ2v) is 5.11. The van der Waals surface area contributed by atoms with E-state index in [9.17, 15) is 4.79 Å². The SMILES string of the molecule is O=C(O)C1CC1N1CCN(c2ccccc2)CC1. The van der Waals surface area contributed by atoms with Gasteiger partial charge in [-0.15, -0.1) is 0 Å². The highest BCUT2D eigenvalue weighted by Gasteiger charge is 2.47. The van der Waals surface area contributed by atoms with Crippen LogP contribution in [0.1, 0.15) is 6.42 Å². The predicted octanol–water partition coefficient (Wildman–Crippen LogP) is 1.28. The lowest BCUT2D eigenvalue weighted by atomic mass is 10.2. The third-order valence-electron chi connectivity index (χ3n) is 3.98. The molecule has 1 aromatic rings. The maximum atomic E-state index is 10.9. The third-order valence-corrected chi connectivity index (χ3v) is 3.98. The fourth-order valence-electron chi connectivity index (χ4n) is 2.80. The number of hydrogen-bond acceptors (Lipinski definition) is 3. The van der Waals surface area contributed by atoms with Crippen LogP contribution in [0, 0.1) is 5.92 Å². The van der Waals surface area contributed by atoms with Gasteiger partial charge in [-0.05, 0) is 18.6 Å². The van der Waals surface area contributed by atoms with E-state index in [1.54, 1.807) is 0 Å². The van der Waals surface area contributed by atoms with Crippen LogP contribution in [0.15, 0.2) is 30.3 Å². The lowest BCUT2D eigenvalue weighted by Gasteiger charge is -2.36. The van der Waals surface area contributed by atoms with Gasteiger partial charge in [-0.3, -0.25) is 9.69 Å². The molecule has 2 atom stereocenters. The number of aliphatic carboxylic acids is 1. The van der Waals surface area contributed by atoms with E-state index in [2.05, 4.69) is 34.1 Å². The summed E-state index contributed by atoms with van der Waals surface area (Å²) in [7, 11) is 0. The van der Waals surface area contributed by atoms with Crippen LogP contribution in [0.2, 0.25) is 0 Å². The Kier molecular flexibility index (Phi) is 2.96. The van der Waals surface area contributed by atoms with Crippen molar-refractivity contribution in [3.8, 4) is 0 Å². The Balaban J connectivity index is 1.55. The molecule has 1 aliphatic heterocycles. The van der Waals surface area contributed by atoms with Crippen molar-refractivity contribution in [3.63, 3.8) is 0 Å². The molecule has 4 nitrogen and oxygen atoms in total. The number of hydrogen-bond donors (Lipinski definition) is 1. The monoisotopic (exact) mass is 246 g/mol. The molecule has 3 rings (SSSR count). The summed E-state index contributed by atoms with van der Waals surface area (Å²) in [6, 6.07) is 10.7. The number of rotatable bonds is 3. The fourth-order valence-corrected chi connectivity index (χ4v) is 2.80. The van der Waals surface area contributed by atoms with Crippen LogP contribution in [-0.4, -0.2) is 48.2 Å². The molecule has 1 N–H and O–H groups in total. The second-order valence-electron chi connectivity index (χ2n) is 5.11. The highest BCUT2D eigenvalue weighted by molar-refractivity contribution is 5.74. The molecule has 0 bridgehead atoms. The van der Waals surface area contributed by atoms with Gasteiger partial charge >= 0.3 is 5.97 Å². The number of anilines is 1. The Hall–Kier alpha value is -1.55. The van der Waals surface area contributed by atoms with Crippen molar-refractivity contribution < 1.29 is 9.90 Å². The van der Waals surface area contributed by atoms with E-state index in [0.29, 0.717) is 6.04 Å². The third kappa shape index (κ3) is 2.20. The lowest BCUT2D eigenvalue weighted by Crippen LogP contribution is -2.47. The minimum Gasteiger partial charge on any atom is -0.481 e. The van der Waals surface area contributed by atoms with E-state index < -0.39 is 5.97 Å². The molecule has 2 fully saturated rings. The van der Waals surface area contributed by atoms with Gasteiger partial charge in [0, 0.05) is 37.9 Å². The highest BCUT2D eigenvalue weighted by atomic mass is 16.4. The lowest BCUT2D eigenvalue weighted by molar-refractivity contribution is -0.139. The van der Waals surface area contributed by atoms with Gasteiger partial charge in [0.05, 0.1) is 5.92 Å². The van der Waals surface area contributed by atoms with Gasteiger partial charge in [0.15, 0.2) is 0 Å². The molecule has 1 aromatic carbocycles. The van der Waals surface area contributed by atoms with Crippen LogP contribution in [-0.2, 0) is 4.79 Å². The van der Waals surface area contributed by atoms with E-state index >= 15 is 0 Å². The molecule has 4 heteroatoms. The molecule has 0 amide bonds. The van der Waals surface area contributed by atoms with Crippen molar-refractivity contribution >= 4 is 11.7 Å². The minimum absolute atomic E-state index is 0.117. The Labute approximate surface area is 107 Å². The van der Waals surface area contributed by atoms with Gasteiger partial charge in [0.25, 0.3) is 0 Å². The molecule has 1 saturated carbocycles. The maximum Gasteiger partial charge on any atom is 0.308 e. The number of nitrogens with zero attached hydrogens (tertiary/aromatic N) is 2. The fraction of sp³-hybridized carbons (Fsp3) is 0.500. The molecule has 1 saturated heterocycles. The van der Waals surface area contributed by atoms with Gasteiger partial charge in [0.2, 0.25) is 0 Å². The van der Waals surface area contributed by atoms with E-state index in [1.807, 2.05) is 6.07 Å². The quantitative estimate of drug-likeness (QED) is 0.872. The molecule has 0 radical (unpaired) electrons. The Bertz CT molecular complexity index is 427. The first-order valence-electron chi connectivity index (χ1n) is 6.52. The second kappa shape index (κ2) is 4.61. The standard InChI is InChI=1S/C14H18N2O2/c17-14(18)12-10-13(12)16-8-6-15(7-9-16)11-4-2-1-3-5-11/h1-5,12-13H,6-10H2,(H,17,18). The van der Waals surface area contributed by atoms with Gasteiger partial charge in [-0.2, -0.15) is 0 Å². The number of carboxylic acids is 1. The zero-order valence-corrected chi connectivity index (χ0v) is 10.3. The van der Waals surface area contributed by atoms with E-state index in [1.165, 1.54) is 5.69 Å². The van der Waals surface area contributed by atoms with Crippen molar-refractivity contribution in [2.24, 2.45) is 5.92 Å². The molecule has 1 aliphatic carbocycles. The predicted molar refractivity (Wildman–Crippen MR) is 69.8 cm³/mol. The van der Waals surface area contributed by atoms with Crippen molar-refractivity contribution in [1.29, 1.82) is 0 Å². The first kappa shape index (κ1) is 11.5. The van der Waals surface area contributed by atoms with E-state index in [-0.39, 0.29) is 5.92 Å². The summed E-state index contributed by atoms with van der Waals surface area (Å²) >= 11 is 0. The summed E-state index contributed by atoms with van der Waals surface area (Å²) in [5.41, 5.74) is 1.27. The number of carboxylic acid groups (broad SMARTS) is 1. The molecule has 2 aliphatic rings. The van der Waals surface area contributed by atoms with Gasteiger partial charge < -0.3 is 10.0 Å². The molecular formula is C14H18N2O2. The summed E-state index contributed by atoms with van der Waals surface area (Å²) in [6.07, 6.45) is 0.834. The topological polar surface area (TPSA) is 43.8 Å². The van der Waals surface area contributed by atoms with Gasteiger partial charge in [-0.25, -0.2) is 0 Å². The van der Waals surface area contributed by atoms with Gasteiger partial charge in [0.1, 0.15) is 0 Å². The molecule has 2 unspecified atom stereocenters. The van der Waals surface area contributed by atoms with Crippen molar-refractivity contribution in [2.45, 2.75) is 12.5 Å². The first-order valence-corrected chi connectivity index (χ1v) is 6.52. The molecule has 18 heavy (non-hydrogen) atoms. The van der Waals surface area contributed by atoms with Gasteiger partial charge in [-0.1, -0.05) is 18.2 Å². The van der Waals surface area contributed by atoms with Crippen LogP contribution in [0.5, 0.6) is 0 Å². The zero-order chi connectivity index (χ0) is 12.5. The highest BCUT2D eigenvalue weighted by Crippen LogP contribution is 2.36. The Morgan fingerprint density at radius 3 is 2.33 bits per heavy atom. The summed E-state index contributed by atoms with van der Waals surface area (Å²) in [5.74, 6) is -0.751. The van der Waals surface area contributed by atoms with Crippen LogP contribution in [0.4, 0.5) is 5.69 Å². The van der Waals surface area contributed by atoms with E-state index in [0.717, 1.165) is 32.6 Å². The van der Waals surface area contributed by atoms with Crippen molar-refractivity contribution in [3.05, 3.63) is 30.3 Å². The normalized spacial score (nSPS) is 28.1. The van der Waals surface area contributed by atoms with Crippen molar-refractivity contribution in [2.75, 3.05) is 31.1 Å². The van der Waals surface area contributed by atoms with Crippen LogP contribution >= 0.6 is 0 Å². The van der Waals surface area contributed by atoms with Crippen LogP contribution in [0.25, 0.3) is 0 Å². The average Bonchev–Trinajstić information content (AvgIpc) is 3.20. The molecule has 0 aromatic heterocycles. The molecule has 96 valence electrons. The van der Waals surface area contributed by atoms with E-state index in [4.69, 9.17) is 5.11 Å². The summed E-state index contributed by atoms with van der Waals surface area (Å²) in [5, 5.41) is 8.95. The number of para-hydroxylation sites is 1. The zero-order valence-electron chi connectivity index (χ0n) is 10.3. The first-order chi connectivity index (χ1) is 8.75. The average molecular weight is 246 g/mol. The summed E-state index contributed by atoms with van der Waals surface area (Å²) in [6.45, 7) is 3.94. The molecular weight excluding hydrogens is 228 g/mol. The van der Waals surface area contributed by atoms with Crippen molar-refractivity contribution in [1.82, 2.24) is 4.90 Å². The number of carbonyl (C=O) groups is 1. The Morgan fingerprint density at radius 2 is 1.78 bits per heavy atom. The van der Waals surface area contributed by atoms with Crippen LogP contribution in [0.3, 0.4) is 0 Å². The summed E-state index contributed by atoms with van der Waals surface area (Å²) in [4.78, 5) is 15.6. The molecule has 0 spiro atoms. The van der Waals surface area contributed by atoms with Crippen LogP contribution < -0.4 is 4.90 Å². The number of benzene rings is 1. The number of piperazine rings is 1. The minimum atomic E-state index is -0.634. The molecule has 1 heterocycles.